The van der Waals surface area contributed by atoms with Crippen molar-refractivity contribution in [3.05, 3.63) is 30.3 Å². The van der Waals surface area contributed by atoms with E-state index in [2.05, 4.69) is 19.1 Å². The normalized spacial score (nSPS) is 15.6. The fraction of sp³-hybridized carbons (Fsp3) is 0.400. The topological polar surface area (TPSA) is 20.2 Å². The first-order valence-corrected chi connectivity index (χ1v) is 5.94. The minimum atomic E-state index is -0.190. The molecule has 0 aliphatic rings. The molecule has 1 nitrogen and oxygen atoms in total. The van der Waals surface area contributed by atoms with Gasteiger partial charge < -0.3 is 0 Å². The average Bonchev–Trinajstić information content (AvgIpc) is 2.06. The molecule has 1 aromatic carbocycles. The van der Waals surface area contributed by atoms with Gasteiger partial charge in [-0.2, -0.15) is 0 Å². The molecule has 0 fully saturated rings. The Labute approximate surface area is 80.0 Å². The summed E-state index contributed by atoms with van der Waals surface area (Å²) in [7, 11) is 0. The number of hydrogen-bond acceptors (Lipinski definition) is 1. The van der Waals surface area contributed by atoms with Crippen molar-refractivity contribution in [1.29, 1.82) is 0 Å². The summed E-state index contributed by atoms with van der Waals surface area (Å²) >= 11 is 0.398. The predicted molar refractivity (Wildman–Crippen MR) is 52.9 cm³/mol. The molecule has 0 bridgehead atoms. The number of hydrogen-bond donors (Lipinski definition) is 1. The molecule has 2 unspecified atom stereocenters. The molecule has 0 spiro atoms. The fourth-order valence-corrected chi connectivity index (χ4v) is 2.79. The Kier molecular flexibility index (Phi) is 3.80. The van der Waals surface area contributed by atoms with Gasteiger partial charge in [0.2, 0.25) is 0 Å². The van der Waals surface area contributed by atoms with Gasteiger partial charge in [0.25, 0.3) is 0 Å². The second-order valence-electron chi connectivity index (χ2n) is 2.88. The zero-order chi connectivity index (χ0) is 8.97. The van der Waals surface area contributed by atoms with Gasteiger partial charge in [-0.3, -0.25) is 0 Å². The van der Waals surface area contributed by atoms with Crippen LogP contribution in [0.1, 0.15) is 13.8 Å². The van der Waals surface area contributed by atoms with Crippen molar-refractivity contribution in [2.24, 2.45) is 0 Å². The third-order valence-corrected chi connectivity index (χ3v) is 4.49. The van der Waals surface area contributed by atoms with Crippen molar-refractivity contribution < 1.29 is 5.11 Å². The van der Waals surface area contributed by atoms with Gasteiger partial charge in [-0.1, -0.05) is 0 Å². The van der Waals surface area contributed by atoms with Gasteiger partial charge in [0, 0.05) is 0 Å². The monoisotopic (exact) mass is 230 g/mol. The van der Waals surface area contributed by atoms with Crippen LogP contribution in [0.2, 0.25) is 4.82 Å². The number of aliphatic hydroxyl groups excluding tert-OH is 1. The Morgan fingerprint density at radius 1 is 1.17 bits per heavy atom. The summed E-state index contributed by atoms with van der Waals surface area (Å²) in [6.07, 6.45) is -0.190. The van der Waals surface area contributed by atoms with Crippen molar-refractivity contribution in [3.63, 3.8) is 0 Å². The quantitative estimate of drug-likeness (QED) is 0.772. The number of benzene rings is 1. The molecule has 2 heteroatoms. The Balaban J connectivity index is 2.53. The molecule has 1 rings (SSSR count). The SMILES string of the molecule is CC(O)C(C)[Se]c1ccccc1. The average molecular weight is 229 g/mol. The van der Waals surface area contributed by atoms with E-state index in [4.69, 9.17) is 0 Å². The van der Waals surface area contributed by atoms with E-state index in [1.54, 1.807) is 0 Å². The predicted octanol–water partition coefficient (Wildman–Crippen LogP) is 1.21. The molecule has 0 aromatic heterocycles. The summed E-state index contributed by atoms with van der Waals surface area (Å²) < 4.78 is 1.36. The molecule has 0 saturated carbocycles. The van der Waals surface area contributed by atoms with E-state index in [0.717, 1.165) is 0 Å². The van der Waals surface area contributed by atoms with Gasteiger partial charge in [-0.25, -0.2) is 0 Å². The molecule has 1 N–H and O–H groups in total. The van der Waals surface area contributed by atoms with Crippen LogP contribution in [0.25, 0.3) is 0 Å². The first kappa shape index (κ1) is 9.78. The number of aliphatic hydroxyl groups is 1. The van der Waals surface area contributed by atoms with Crippen LogP contribution in [0.3, 0.4) is 0 Å². The summed E-state index contributed by atoms with van der Waals surface area (Å²) in [4.78, 5) is 0.403. The van der Waals surface area contributed by atoms with Crippen LogP contribution in [0.4, 0.5) is 0 Å². The van der Waals surface area contributed by atoms with Crippen LogP contribution in [0, 0.1) is 0 Å². The molecule has 2 atom stereocenters. The van der Waals surface area contributed by atoms with E-state index >= 15 is 0 Å². The molecule has 12 heavy (non-hydrogen) atoms. The van der Waals surface area contributed by atoms with Crippen LogP contribution < -0.4 is 4.46 Å². The van der Waals surface area contributed by atoms with E-state index in [0.29, 0.717) is 19.8 Å². The van der Waals surface area contributed by atoms with Crippen molar-refractivity contribution in [2.45, 2.75) is 24.8 Å². The van der Waals surface area contributed by atoms with Crippen LogP contribution in [0.5, 0.6) is 0 Å². The summed E-state index contributed by atoms with van der Waals surface area (Å²) in [5.74, 6) is 0. The van der Waals surface area contributed by atoms with E-state index in [1.165, 1.54) is 4.46 Å². The maximum absolute atomic E-state index is 9.30. The summed E-state index contributed by atoms with van der Waals surface area (Å²) in [5.41, 5.74) is 0. The Bertz CT molecular complexity index is 221. The van der Waals surface area contributed by atoms with Gasteiger partial charge in [0.15, 0.2) is 0 Å². The van der Waals surface area contributed by atoms with E-state index < -0.39 is 0 Å². The van der Waals surface area contributed by atoms with Crippen molar-refractivity contribution in [1.82, 2.24) is 0 Å². The first-order valence-electron chi connectivity index (χ1n) is 4.10. The van der Waals surface area contributed by atoms with Gasteiger partial charge in [-0.15, -0.1) is 0 Å². The molecular formula is C10H14OSe. The molecule has 0 aliphatic heterocycles. The van der Waals surface area contributed by atoms with Gasteiger partial charge in [-0.05, 0) is 0 Å². The molecule has 0 amide bonds. The van der Waals surface area contributed by atoms with Crippen molar-refractivity contribution >= 4 is 19.4 Å². The Hall–Kier alpha value is -0.301. The second-order valence-corrected chi connectivity index (χ2v) is 5.92. The first-order chi connectivity index (χ1) is 5.70. The number of rotatable bonds is 3. The molecule has 0 heterocycles. The van der Waals surface area contributed by atoms with Crippen molar-refractivity contribution in [3.8, 4) is 0 Å². The second kappa shape index (κ2) is 4.66. The Morgan fingerprint density at radius 3 is 2.25 bits per heavy atom. The van der Waals surface area contributed by atoms with Crippen LogP contribution in [-0.2, 0) is 0 Å². The van der Waals surface area contributed by atoms with Crippen molar-refractivity contribution in [2.75, 3.05) is 0 Å². The molecule has 0 radical (unpaired) electrons. The molecule has 0 saturated heterocycles. The summed E-state index contributed by atoms with van der Waals surface area (Å²) in [6, 6.07) is 10.4. The third-order valence-electron chi connectivity index (χ3n) is 1.74. The standard InChI is InChI=1S/C10H14OSe/c1-8(11)9(2)12-10-6-4-3-5-7-10/h3-9,11H,1-2H3. The minimum absolute atomic E-state index is 0.190. The van der Waals surface area contributed by atoms with E-state index in [-0.39, 0.29) is 6.10 Å². The summed E-state index contributed by atoms with van der Waals surface area (Å²) in [6.45, 7) is 3.95. The molecule has 1 aromatic rings. The van der Waals surface area contributed by atoms with E-state index in [9.17, 15) is 5.11 Å². The Morgan fingerprint density at radius 2 is 1.75 bits per heavy atom. The fourth-order valence-electron chi connectivity index (χ4n) is 0.812. The van der Waals surface area contributed by atoms with E-state index in [1.807, 2.05) is 25.1 Å². The summed E-state index contributed by atoms with van der Waals surface area (Å²) in [5, 5.41) is 9.30. The van der Waals surface area contributed by atoms with Gasteiger partial charge in [0.05, 0.1) is 0 Å². The van der Waals surface area contributed by atoms with Crippen LogP contribution >= 0.6 is 0 Å². The molecule has 0 aliphatic carbocycles. The van der Waals surface area contributed by atoms with Gasteiger partial charge in [0.1, 0.15) is 0 Å². The molecule has 66 valence electrons. The van der Waals surface area contributed by atoms with Gasteiger partial charge >= 0.3 is 79.6 Å². The zero-order valence-electron chi connectivity index (χ0n) is 7.40. The third kappa shape index (κ3) is 2.98. The van der Waals surface area contributed by atoms with Crippen LogP contribution in [0.15, 0.2) is 30.3 Å². The van der Waals surface area contributed by atoms with Crippen LogP contribution in [-0.4, -0.2) is 26.2 Å². The molecular weight excluding hydrogens is 215 g/mol. The maximum atomic E-state index is 9.30. The zero-order valence-corrected chi connectivity index (χ0v) is 9.11.